The van der Waals surface area contributed by atoms with Gasteiger partial charge in [-0.15, -0.1) is 0 Å². The molecular weight excluding hydrogens is 372 g/mol. The number of carboxylic acid groups (broad SMARTS) is 1. The van der Waals surface area contributed by atoms with Crippen LogP contribution >= 0.6 is 11.6 Å². The lowest BCUT2D eigenvalue weighted by Gasteiger charge is -2.37. The molecule has 4 rings (SSSR count). The van der Waals surface area contributed by atoms with E-state index < -0.39 is 6.09 Å². The van der Waals surface area contributed by atoms with Crippen molar-refractivity contribution in [2.24, 2.45) is 11.7 Å². The van der Waals surface area contributed by atoms with Crippen LogP contribution in [0.15, 0.2) is 27.5 Å². The van der Waals surface area contributed by atoms with Crippen LogP contribution in [0.1, 0.15) is 18.2 Å². The van der Waals surface area contributed by atoms with Crippen LogP contribution in [0.2, 0.25) is 5.02 Å². The van der Waals surface area contributed by atoms with Crippen LogP contribution in [0.4, 0.5) is 4.79 Å². The van der Waals surface area contributed by atoms with E-state index in [4.69, 9.17) is 21.9 Å². The smallest absolute Gasteiger partial charge is 0.407 e. The number of halogens is 1. The molecule has 3 aromatic rings. The number of likely N-dealkylation sites (tertiary alicyclic amines) is 1. The molecule has 2 aromatic heterocycles. The number of benzene rings is 1. The Morgan fingerprint density at radius 1 is 1.41 bits per heavy atom. The monoisotopic (exact) mass is 390 g/mol. The average Bonchev–Trinajstić information content (AvgIpc) is 3.03. The summed E-state index contributed by atoms with van der Waals surface area (Å²) in [5.74, 6) is 0.382. The van der Waals surface area contributed by atoms with Crippen molar-refractivity contribution in [3.8, 4) is 0 Å². The first kappa shape index (κ1) is 17.8. The standard InChI is InChI=1S/C18H19ClN4O4/c1-9-14-16(21-27-9)15-12(19)3-2-4-13(15)23(17(14)24)11-5-10(6-20)7-22(8-11)18(25)26/h2-4,10-11H,5-8,20H2,1H3,(H,25,26). The molecule has 1 amide bonds. The van der Waals surface area contributed by atoms with E-state index in [1.54, 1.807) is 29.7 Å². The van der Waals surface area contributed by atoms with E-state index in [9.17, 15) is 14.7 Å². The number of aryl methyl sites for hydroxylation is 1. The van der Waals surface area contributed by atoms with Gasteiger partial charge < -0.3 is 24.8 Å². The van der Waals surface area contributed by atoms with Gasteiger partial charge in [-0.25, -0.2) is 4.79 Å². The van der Waals surface area contributed by atoms with Crippen LogP contribution in [0, 0.1) is 12.8 Å². The normalized spacial score (nSPS) is 20.5. The van der Waals surface area contributed by atoms with E-state index in [1.807, 2.05) is 0 Å². The number of nitrogens with zero attached hydrogens (tertiary/aromatic N) is 3. The van der Waals surface area contributed by atoms with Gasteiger partial charge in [-0.05, 0) is 37.9 Å². The topological polar surface area (TPSA) is 115 Å². The Kier molecular flexibility index (Phi) is 4.32. The van der Waals surface area contributed by atoms with Crippen molar-refractivity contribution in [1.29, 1.82) is 0 Å². The maximum Gasteiger partial charge on any atom is 0.407 e. The molecule has 0 aliphatic carbocycles. The molecule has 142 valence electrons. The number of hydrogen-bond acceptors (Lipinski definition) is 5. The molecule has 2 atom stereocenters. The van der Waals surface area contributed by atoms with Crippen molar-refractivity contribution >= 4 is 39.5 Å². The number of hydrogen-bond donors (Lipinski definition) is 2. The molecule has 0 bridgehead atoms. The van der Waals surface area contributed by atoms with Crippen molar-refractivity contribution in [3.63, 3.8) is 0 Å². The Morgan fingerprint density at radius 3 is 2.89 bits per heavy atom. The summed E-state index contributed by atoms with van der Waals surface area (Å²) in [6.45, 7) is 2.60. The summed E-state index contributed by atoms with van der Waals surface area (Å²) < 4.78 is 6.89. The van der Waals surface area contributed by atoms with Gasteiger partial charge in [-0.3, -0.25) is 4.79 Å². The maximum atomic E-state index is 13.3. The third kappa shape index (κ3) is 2.76. The maximum absolute atomic E-state index is 13.3. The number of amides is 1. The highest BCUT2D eigenvalue weighted by atomic mass is 35.5. The number of pyridine rings is 1. The van der Waals surface area contributed by atoms with Crippen LogP contribution in [0.25, 0.3) is 21.8 Å². The summed E-state index contributed by atoms with van der Waals surface area (Å²) in [5, 5.41) is 15.0. The predicted octanol–water partition coefficient (Wildman–Crippen LogP) is 2.60. The molecule has 1 aliphatic heterocycles. The number of fused-ring (bicyclic) bond motifs is 3. The molecule has 0 radical (unpaired) electrons. The van der Waals surface area contributed by atoms with Crippen molar-refractivity contribution in [2.45, 2.75) is 19.4 Å². The van der Waals surface area contributed by atoms with Crippen LogP contribution < -0.4 is 11.3 Å². The molecule has 2 unspecified atom stereocenters. The van der Waals surface area contributed by atoms with Crippen LogP contribution in [-0.4, -0.2) is 45.5 Å². The molecule has 1 aromatic carbocycles. The minimum absolute atomic E-state index is 0.0275. The second-order valence-corrected chi connectivity index (χ2v) is 7.36. The van der Waals surface area contributed by atoms with Crippen molar-refractivity contribution < 1.29 is 14.4 Å². The number of piperidine rings is 1. The first-order valence-electron chi connectivity index (χ1n) is 8.69. The van der Waals surface area contributed by atoms with Gasteiger partial charge in [0, 0.05) is 18.5 Å². The number of carbonyl (C=O) groups is 1. The zero-order valence-electron chi connectivity index (χ0n) is 14.7. The lowest BCUT2D eigenvalue weighted by molar-refractivity contribution is 0.102. The van der Waals surface area contributed by atoms with Gasteiger partial charge in [0.1, 0.15) is 16.7 Å². The summed E-state index contributed by atoms with van der Waals surface area (Å²) in [6, 6.07) is 4.94. The Labute approximate surface area is 159 Å². The Balaban J connectivity index is 2.01. The number of nitrogens with two attached hydrogens (primary N) is 1. The zero-order chi connectivity index (χ0) is 19.3. The minimum atomic E-state index is -1.02. The van der Waals surface area contributed by atoms with Gasteiger partial charge in [-0.1, -0.05) is 22.8 Å². The summed E-state index contributed by atoms with van der Waals surface area (Å²) in [6.07, 6.45) is -0.409. The summed E-state index contributed by atoms with van der Waals surface area (Å²) in [5.41, 5.74) is 6.61. The van der Waals surface area contributed by atoms with Gasteiger partial charge in [0.25, 0.3) is 5.56 Å². The molecule has 1 fully saturated rings. The van der Waals surface area contributed by atoms with Crippen LogP contribution in [0.3, 0.4) is 0 Å². The molecule has 1 saturated heterocycles. The van der Waals surface area contributed by atoms with Crippen molar-refractivity contribution in [2.75, 3.05) is 19.6 Å². The number of aromatic nitrogens is 2. The molecule has 3 N–H and O–H groups in total. The fraction of sp³-hybridized carbons (Fsp3) is 0.389. The van der Waals surface area contributed by atoms with Crippen molar-refractivity contribution in [1.82, 2.24) is 14.6 Å². The third-order valence-corrected chi connectivity index (χ3v) is 5.58. The predicted molar refractivity (Wildman–Crippen MR) is 101 cm³/mol. The lowest BCUT2D eigenvalue weighted by Crippen LogP contribution is -2.47. The highest BCUT2D eigenvalue weighted by Gasteiger charge is 2.32. The van der Waals surface area contributed by atoms with E-state index in [2.05, 4.69) is 5.16 Å². The van der Waals surface area contributed by atoms with Gasteiger partial charge in [0.15, 0.2) is 0 Å². The van der Waals surface area contributed by atoms with Gasteiger partial charge >= 0.3 is 6.09 Å². The summed E-state index contributed by atoms with van der Waals surface area (Å²) >= 11 is 6.42. The second-order valence-electron chi connectivity index (χ2n) is 6.95. The largest absolute Gasteiger partial charge is 0.465 e. The van der Waals surface area contributed by atoms with Gasteiger partial charge in [-0.2, -0.15) is 0 Å². The Bertz CT molecular complexity index is 1110. The molecule has 0 saturated carbocycles. The molecule has 8 nitrogen and oxygen atoms in total. The highest BCUT2D eigenvalue weighted by molar-refractivity contribution is 6.37. The van der Waals surface area contributed by atoms with E-state index in [0.29, 0.717) is 52.1 Å². The second kappa shape index (κ2) is 6.54. The zero-order valence-corrected chi connectivity index (χ0v) is 15.4. The first-order valence-corrected chi connectivity index (χ1v) is 9.06. The fourth-order valence-electron chi connectivity index (χ4n) is 4.02. The van der Waals surface area contributed by atoms with Crippen molar-refractivity contribution in [3.05, 3.63) is 39.3 Å². The molecular formula is C18H19ClN4O4. The summed E-state index contributed by atoms with van der Waals surface area (Å²) in [7, 11) is 0. The molecule has 27 heavy (non-hydrogen) atoms. The summed E-state index contributed by atoms with van der Waals surface area (Å²) in [4.78, 5) is 26.2. The Morgan fingerprint density at radius 2 is 2.19 bits per heavy atom. The third-order valence-electron chi connectivity index (χ3n) is 5.27. The van der Waals surface area contributed by atoms with E-state index in [1.165, 1.54) is 4.90 Å². The average molecular weight is 391 g/mol. The van der Waals surface area contributed by atoms with E-state index in [0.717, 1.165) is 0 Å². The Hall–Kier alpha value is -2.58. The highest BCUT2D eigenvalue weighted by Crippen LogP contribution is 2.34. The van der Waals surface area contributed by atoms with Crippen LogP contribution in [0.5, 0.6) is 0 Å². The molecule has 3 heterocycles. The first-order chi connectivity index (χ1) is 12.9. The van der Waals surface area contributed by atoms with E-state index >= 15 is 0 Å². The van der Waals surface area contributed by atoms with Crippen LogP contribution in [-0.2, 0) is 0 Å². The molecule has 1 aliphatic rings. The minimum Gasteiger partial charge on any atom is -0.465 e. The lowest BCUT2D eigenvalue weighted by atomic mass is 9.93. The van der Waals surface area contributed by atoms with Gasteiger partial charge in [0.2, 0.25) is 0 Å². The van der Waals surface area contributed by atoms with Gasteiger partial charge in [0.05, 0.1) is 16.6 Å². The SMILES string of the molecule is Cc1onc2c1c(=O)n(C1CC(CN)CN(C(=O)O)C1)c1cccc(Cl)c21. The quantitative estimate of drug-likeness (QED) is 0.695. The van der Waals surface area contributed by atoms with E-state index in [-0.39, 0.29) is 24.1 Å². The molecule has 0 spiro atoms. The number of rotatable bonds is 2. The molecule has 9 heteroatoms. The fourth-order valence-corrected chi connectivity index (χ4v) is 4.28.